The van der Waals surface area contributed by atoms with E-state index in [1.807, 2.05) is 60.7 Å². The molecule has 3 aromatic carbocycles. The summed E-state index contributed by atoms with van der Waals surface area (Å²) in [6.07, 6.45) is 1.99. The van der Waals surface area contributed by atoms with Crippen molar-refractivity contribution in [2.75, 3.05) is 18.1 Å². The molecule has 2 heterocycles. The van der Waals surface area contributed by atoms with Crippen LogP contribution in [0.25, 0.3) is 10.2 Å². The lowest BCUT2D eigenvalue weighted by molar-refractivity contribution is 0.0917. The highest BCUT2D eigenvalue weighted by Crippen LogP contribution is 2.33. The van der Waals surface area contributed by atoms with Gasteiger partial charge >= 0.3 is 0 Å². The minimum atomic E-state index is -0.0927. The quantitative estimate of drug-likeness (QED) is 0.291. The number of para-hydroxylation sites is 1. The number of anilines is 1. The van der Waals surface area contributed by atoms with Gasteiger partial charge in [0.1, 0.15) is 11.5 Å². The van der Waals surface area contributed by atoms with Gasteiger partial charge in [-0.25, -0.2) is 4.98 Å². The Hall–Kier alpha value is -2.74. The van der Waals surface area contributed by atoms with Crippen molar-refractivity contribution in [1.82, 2.24) is 4.98 Å². The number of rotatable bonds is 6. The molecule has 0 radical (unpaired) electrons. The van der Waals surface area contributed by atoms with Crippen LogP contribution in [0.15, 0.2) is 77.3 Å². The van der Waals surface area contributed by atoms with E-state index in [4.69, 9.17) is 14.5 Å². The van der Waals surface area contributed by atoms with Crippen molar-refractivity contribution in [2.24, 2.45) is 0 Å². The summed E-state index contributed by atoms with van der Waals surface area (Å²) in [5.74, 6) is 1.35. The molecule has 162 valence electrons. The Labute approximate surface area is 198 Å². The summed E-state index contributed by atoms with van der Waals surface area (Å²) in [7, 11) is 0. The van der Waals surface area contributed by atoms with Crippen molar-refractivity contribution in [3.63, 3.8) is 0 Å². The highest BCUT2D eigenvalue weighted by molar-refractivity contribution is 9.10. The number of nitrogens with zero attached hydrogens (tertiary/aromatic N) is 2. The molecular formula is C25H21BrN2O3S. The van der Waals surface area contributed by atoms with Crippen molar-refractivity contribution >= 4 is 48.5 Å². The molecule has 1 unspecified atom stereocenters. The number of hydrogen-bond acceptors (Lipinski definition) is 5. The van der Waals surface area contributed by atoms with Crippen LogP contribution in [0.3, 0.4) is 0 Å². The number of amides is 1. The summed E-state index contributed by atoms with van der Waals surface area (Å²) in [6, 6.07) is 22.8. The zero-order valence-electron chi connectivity index (χ0n) is 17.2. The standard InChI is InChI=1S/C25H21BrN2O3S/c26-18-10-13-22-23(15-18)32-25(27-22)28(16-21-7-4-14-30-21)24(29)17-8-11-20(12-9-17)31-19-5-2-1-3-6-19/h1-3,5-6,8-13,15,21H,4,7,14,16H2. The van der Waals surface area contributed by atoms with Crippen LogP contribution in [0.1, 0.15) is 23.2 Å². The zero-order chi connectivity index (χ0) is 21.9. The summed E-state index contributed by atoms with van der Waals surface area (Å²) in [5.41, 5.74) is 1.47. The molecule has 1 aliphatic rings. The maximum atomic E-state index is 13.5. The van der Waals surface area contributed by atoms with E-state index in [1.165, 1.54) is 11.3 Å². The SMILES string of the molecule is O=C(c1ccc(Oc2ccccc2)cc1)N(CC1CCCO1)c1nc2ccc(Br)cc2s1. The van der Waals surface area contributed by atoms with Crippen LogP contribution >= 0.6 is 27.3 Å². The highest BCUT2D eigenvalue weighted by atomic mass is 79.9. The molecule has 0 saturated carbocycles. The molecule has 1 aromatic heterocycles. The fourth-order valence-corrected chi connectivity index (χ4v) is 5.21. The molecule has 5 nitrogen and oxygen atoms in total. The topological polar surface area (TPSA) is 51.7 Å². The first-order valence-corrected chi connectivity index (χ1v) is 12.1. The van der Waals surface area contributed by atoms with Crippen molar-refractivity contribution < 1.29 is 14.3 Å². The third-order valence-electron chi connectivity index (χ3n) is 5.31. The highest BCUT2D eigenvalue weighted by Gasteiger charge is 2.27. The fraction of sp³-hybridized carbons (Fsp3) is 0.200. The Kier molecular flexibility index (Phi) is 6.21. The first kappa shape index (κ1) is 21.1. The average Bonchev–Trinajstić information content (AvgIpc) is 3.47. The van der Waals surface area contributed by atoms with Gasteiger partial charge in [0.2, 0.25) is 0 Å². The predicted molar refractivity (Wildman–Crippen MR) is 131 cm³/mol. The van der Waals surface area contributed by atoms with Crippen molar-refractivity contribution in [3.8, 4) is 11.5 Å². The van der Waals surface area contributed by atoms with Crippen LogP contribution in [0.4, 0.5) is 5.13 Å². The molecule has 4 aromatic rings. The molecule has 5 rings (SSSR count). The maximum Gasteiger partial charge on any atom is 0.260 e. The molecule has 32 heavy (non-hydrogen) atoms. The molecule has 7 heteroatoms. The summed E-state index contributed by atoms with van der Waals surface area (Å²) in [4.78, 5) is 20.0. The van der Waals surface area contributed by atoms with Gasteiger partial charge in [-0.2, -0.15) is 0 Å². The van der Waals surface area contributed by atoms with Crippen molar-refractivity contribution in [2.45, 2.75) is 18.9 Å². The number of thiazole rings is 1. The third-order valence-corrected chi connectivity index (χ3v) is 6.84. The minimum absolute atomic E-state index is 0.0263. The molecule has 1 saturated heterocycles. The van der Waals surface area contributed by atoms with Gasteiger partial charge in [-0.1, -0.05) is 45.5 Å². The number of aromatic nitrogens is 1. The van der Waals surface area contributed by atoms with Gasteiger partial charge < -0.3 is 9.47 Å². The molecule has 1 amide bonds. The van der Waals surface area contributed by atoms with E-state index in [-0.39, 0.29) is 12.0 Å². The molecule has 1 aliphatic heterocycles. The van der Waals surface area contributed by atoms with Gasteiger partial charge in [0.05, 0.1) is 22.9 Å². The second kappa shape index (κ2) is 9.40. The monoisotopic (exact) mass is 508 g/mol. The van der Waals surface area contributed by atoms with E-state index in [9.17, 15) is 4.79 Å². The summed E-state index contributed by atoms with van der Waals surface area (Å²) < 4.78 is 13.7. The van der Waals surface area contributed by atoms with Gasteiger partial charge in [-0.3, -0.25) is 9.69 Å². The van der Waals surface area contributed by atoms with Crippen LogP contribution in [0.5, 0.6) is 11.5 Å². The van der Waals surface area contributed by atoms with E-state index in [0.717, 1.165) is 39.9 Å². The van der Waals surface area contributed by atoms with E-state index in [0.29, 0.717) is 23.0 Å². The van der Waals surface area contributed by atoms with Crippen LogP contribution in [-0.4, -0.2) is 30.1 Å². The van der Waals surface area contributed by atoms with E-state index < -0.39 is 0 Å². The Bertz CT molecular complexity index is 1220. The van der Waals surface area contributed by atoms with Crippen LogP contribution in [0.2, 0.25) is 0 Å². The molecular weight excluding hydrogens is 488 g/mol. The summed E-state index contributed by atoms with van der Waals surface area (Å²) >= 11 is 5.03. The van der Waals surface area contributed by atoms with E-state index in [2.05, 4.69) is 15.9 Å². The van der Waals surface area contributed by atoms with E-state index in [1.54, 1.807) is 17.0 Å². The van der Waals surface area contributed by atoms with Gasteiger partial charge in [0.25, 0.3) is 5.91 Å². The first-order valence-electron chi connectivity index (χ1n) is 10.5. The maximum absolute atomic E-state index is 13.5. The van der Waals surface area contributed by atoms with E-state index >= 15 is 0 Å². The van der Waals surface area contributed by atoms with Gasteiger partial charge in [0, 0.05) is 16.6 Å². The lowest BCUT2D eigenvalue weighted by Gasteiger charge is -2.23. The Morgan fingerprint density at radius 3 is 2.62 bits per heavy atom. The first-order chi connectivity index (χ1) is 15.7. The number of benzene rings is 3. The van der Waals surface area contributed by atoms with Crippen molar-refractivity contribution in [3.05, 3.63) is 82.8 Å². The number of ether oxygens (including phenoxy) is 2. The number of carbonyl (C=O) groups excluding carboxylic acids is 1. The van der Waals surface area contributed by atoms with Crippen molar-refractivity contribution in [1.29, 1.82) is 0 Å². The summed E-state index contributed by atoms with van der Waals surface area (Å²) in [6.45, 7) is 1.23. The zero-order valence-corrected chi connectivity index (χ0v) is 19.6. The number of carbonyl (C=O) groups is 1. The molecule has 0 aliphatic carbocycles. The normalized spacial score (nSPS) is 15.7. The molecule has 1 atom stereocenters. The Balaban J connectivity index is 1.41. The largest absolute Gasteiger partial charge is 0.457 e. The predicted octanol–water partition coefficient (Wildman–Crippen LogP) is 6.68. The number of halogens is 1. The Morgan fingerprint density at radius 2 is 1.88 bits per heavy atom. The number of fused-ring (bicyclic) bond motifs is 1. The van der Waals surface area contributed by atoms with Crippen LogP contribution < -0.4 is 9.64 Å². The van der Waals surface area contributed by atoms with Crippen LogP contribution in [0, 0.1) is 0 Å². The lowest BCUT2D eigenvalue weighted by Crippen LogP contribution is -2.37. The average molecular weight is 509 g/mol. The minimum Gasteiger partial charge on any atom is -0.457 e. The summed E-state index contributed by atoms with van der Waals surface area (Å²) in [5, 5.41) is 0.684. The number of hydrogen-bond donors (Lipinski definition) is 0. The van der Waals surface area contributed by atoms with Gasteiger partial charge in [0.15, 0.2) is 5.13 Å². The second-order valence-electron chi connectivity index (χ2n) is 7.60. The smallest absolute Gasteiger partial charge is 0.260 e. The van der Waals surface area contributed by atoms with Gasteiger partial charge in [-0.15, -0.1) is 0 Å². The molecule has 0 spiro atoms. The van der Waals surface area contributed by atoms with Crippen LogP contribution in [-0.2, 0) is 4.74 Å². The second-order valence-corrected chi connectivity index (χ2v) is 9.52. The van der Waals surface area contributed by atoms with Gasteiger partial charge in [-0.05, 0) is 67.4 Å². The third kappa shape index (κ3) is 4.70. The molecule has 0 N–H and O–H groups in total. The molecule has 0 bridgehead atoms. The Morgan fingerprint density at radius 1 is 1.09 bits per heavy atom. The lowest BCUT2D eigenvalue weighted by atomic mass is 10.1. The fourth-order valence-electron chi connectivity index (χ4n) is 3.69. The molecule has 1 fully saturated rings.